The van der Waals surface area contributed by atoms with Crippen molar-refractivity contribution in [2.45, 2.75) is 13.1 Å². The molecule has 4 rings (SSSR count). The van der Waals surface area contributed by atoms with E-state index < -0.39 is 17.3 Å². The Morgan fingerprint density at radius 3 is 2.24 bits per heavy atom. The fourth-order valence-electron chi connectivity index (χ4n) is 3.87. The van der Waals surface area contributed by atoms with Crippen LogP contribution >= 0.6 is 23.2 Å². The van der Waals surface area contributed by atoms with Crippen molar-refractivity contribution in [3.8, 4) is 22.6 Å². The van der Waals surface area contributed by atoms with E-state index in [2.05, 4.69) is 15.3 Å². The second-order valence-electron chi connectivity index (χ2n) is 8.06. The maximum Gasteiger partial charge on any atom is 0.416 e. The summed E-state index contributed by atoms with van der Waals surface area (Å²) in [6.07, 6.45) is -3.16. The van der Waals surface area contributed by atoms with Gasteiger partial charge in [0.05, 0.1) is 46.8 Å². The average Bonchev–Trinajstić information content (AvgIpc) is 2.83. The van der Waals surface area contributed by atoms with Crippen LogP contribution in [0.15, 0.2) is 35.3 Å². The van der Waals surface area contributed by atoms with Crippen molar-refractivity contribution in [2.24, 2.45) is 7.05 Å². The quantitative estimate of drug-likeness (QED) is 0.293. The molecule has 0 aliphatic heterocycles. The zero-order valence-electron chi connectivity index (χ0n) is 19.9. The van der Waals surface area contributed by atoms with Crippen LogP contribution < -0.4 is 26.1 Å². The summed E-state index contributed by atoms with van der Waals surface area (Å²) in [5, 5.41) is 3.36. The monoisotopic (exact) mass is 553 g/mol. The molecule has 8 nitrogen and oxygen atoms in total. The van der Waals surface area contributed by atoms with Gasteiger partial charge in [-0.3, -0.25) is 9.36 Å². The third-order valence-corrected chi connectivity index (χ3v) is 6.49. The predicted molar refractivity (Wildman–Crippen MR) is 137 cm³/mol. The molecule has 0 saturated carbocycles. The lowest BCUT2D eigenvalue weighted by molar-refractivity contribution is -0.138. The van der Waals surface area contributed by atoms with Crippen LogP contribution in [-0.4, -0.2) is 28.8 Å². The van der Waals surface area contributed by atoms with E-state index in [4.69, 9.17) is 38.4 Å². The molecule has 0 aliphatic rings. The van der Waals surface area contributed by atoms with Gasteiger partial charge in [-0.1, -0.05) is 23.2 Å². The number of rotatable bonds is 5. The average molecular weight is 554 g/mol. The van der Waals surface area contributed by atoms with Crippen LogP contribution in [-0.2, 0) is 13.2 Å². The third-order valence-electron chi connectivity index (χ3n) is 5.74. The number of nitrogens with two attached hydrogens (primary N) is 1. The van der Waals surface area contributed by atoms with Gasteiger partial charge in [0.25, 0.3) is 5.56 Å². The minimum Gasteiger partial charge on any atom is -0.495 e. The Morgan fingerprint density at radius 2 is 1.68 bits per heavy atom. The number of nitrogens with zero attached hydrogens (tertiary/aromatic N) is 3. The summed E-state index contributed by atoms with van der Waals surface area (Å²) in [4.78, 5) is 21.8. The molecule has 0 fully saturated rings. The number of hydrogen-bond donors (Lipinski definition) is 2. The Morgan fingerprint density at radius 1 is 1.05 bits per heavy atom. The molecule has 0 saturated heterocycles. The number of benzene rings is 2. The van der Waals surface area contributed by atoms with E-state index in [1.165, 1.54) is 57.2 Å². The van der Waals surface area contributed by atoms with E-state index in [1.807, 2.05) is 0 Å². The maximum absolute atomic E-state index is 13.4. The zero-order chi connectivity index (χ0) is 27.2. The molecule has 2 heterocycles. The van der Waals surface area contributed by atoms with Crippen LogP contribution in [0.4, 0.5) is 30.5 Å². The lowest BCUT2D eigenvalue weighted by Crippen LogP contribution is -2.20. The molecule has 2 aromatic heterocycles. The lowest BCUT2D eigenvalue weighted by atomic mass is 10.0. The van der Waals surface area contributed by atoms with Crippen LogP contribution in [0.2, 0.25) is 10.0 Å². The summed E-state index contributed by atoms with van der Waals surface area (Å²) in [5.41, 5.74) is 5.17. The summed E-state index contributed by atoms with van der Waals surface area (Å²) in [7, 11) is 4.31. The van der Waals surface area contributed by atoms with Crippen LogP contribution in [0.5, 0.6) is 11.5 Å². The van der Waals surface area contributed by atoms with Gasteiger partial charge in [0.15, 0.2) is 0 Å². The molecule has 0 spiro atoms. The van der Waals surface area contributed by atoms with Crippen molar-refractivity contribution in [1.29, 1.82) is 0 Å². The van der Waals surface area contributed by atoms with E-state index in [0.29, 0.717) is 5.39 Å². The topological polar surface area (TPSA) is 104 Å². The van der Waals surface area contributed by atoms with Crippen molar-refractivity contribution in [2.75, 3.05) is 25.3 Å². The van der Waals surface area contributed by atoms with E-state index in [9.17, 15) is 18.0 Å². The van der Waals surface area contributed by atoms with Crippen LogP contribution in [0.1, 0.15) is 11.1 Å². The number of nitrogen functional groups attached to an aromatic ring is 1. The fourth-order valence-corrected chi connectivity index (χ4v) is 4.58. The molecule has 37 heavy (non-hydrogen) atoms. The number of halogens is 5. The van der Waals surface area contributed by atoms with Crippen LogP contribution in [0.3, 0.4) is 0 Å². The molecular formula is C24H20Cl2F3N5O3. The first-order valence-corrected chi connectivity index (χ1v) is 11.3. The number of ether oxygens (including phenoxy) is 2. The number of aryl methyl sites for hydroxylation is 2. The van der Waals surface area contributed by atoms with Crippen molar-refractivity contribution in [1.82, 2.24) is 14.5 Å². The number of methoxy groups -OCH3 is 2. The second-order valence-corrected chi connectivity index (χ2v) is 8.81. The molecule has 3 N–H and O–H groups in total. The number of alkyl halides is 3. The molecule has 0 radical (unpaired) electrons. The number of hydrogen-bond acceptors (Lipinski definition) is 7. The highest BCUT2D eigenvalue weighted by atomic mass is 35.5. The standard InChI is InChI=1S/C24H20Cl2F3N5O3/c1-10-5-14(30)15(7-13(10)24(27,28)29)32-23-31-9-11-6-12(22(35)34(2)21(11)33-23)18-19(25)16(36-3)8-17(37-4)20(18)26/h5-9H,30H2,1-4H3,(H,31,32,33). The molecular weight excluding hydrogens is 534 g/mol. The van der Waals surface area contributed by atoms with Crippen molar-refractivity contribution < 1.29 is 22.6 Å². The number of fused-ring (bicyclic) bond motifs is 1. The van der Waals surface area contributed by atoms with Gasteiger partial charge in [-0.2, -0.15) is 18.2 Å². The Labute approximate surface area is 218 Å². The van der Waals surface area contributed by atoms with Gasteiger partial charge in [0.1, 0.15) is 17.1 Å². The molecule has 2 aromatic carbocycles. The highest BCUT2D eigenvalue weighted by molar-refractivity contribution is 6.41. The number of pyridine rings is 1. The fraction of sp³-hybridized carbons (Fsp3) is 0.208. The summed E-state index contributed by atoms with van der Waals surface area (Å²) in [6, 6.07) is 5.11. The Kier molecular flexibility index (Phi) is 6.87. The molecule has 0 amide bonds. The first kappa shape index (κ1) is 26.4. The van der Waals surface area contributed by atoms with Gasteiger partial charge in [0, 0.05) is 30.3 Å². The van der Waals surface area contributed by atoms with Crippen LogP contribution in [0, 0.1) is 6.92 Å². The molecule has 194 valence electrons. The summed E-state index contributed by atoms with van der Waals surface area (Å²) in [5.74, 6) is 0.451. The molecule has 0 unspecified atom stereocenters. The maximum atomic E-state index is 13.4. The van der Waals surface area contributed by atoms with Gasteiger partial charge in [-0.25, -0.2) is 4.98 Å². The van der Waals surface area contributed by atoms with Gasteiger partial charge in [0.2, 0.25) is 5.95 Å². The first-order valence-electron chi connectivity index (χ1n) is 10.6. The van der Waals surface area contributed by atoms with Crippen LogP contribution in [0.25, 0.3) is 22.2 Å². The van der Waals surface area contributed by atoms with Gasteiger partial charge in [-0.05, 0) is 30.7 Å². The largest absolute Gasteiger partial charge is 0.495 e. The van der Waals surface area contributed by atoms with Gasteiger partial charge < -0.3 is 20.5 Å². The van der Waals surface area contributed by atoms with Crippen molar-refractivity contribution in [3.63, 3.8) is 0 Å². The highest BCUT2D eigenvalue weighted by Crippen LogP contribution is 2.45. The minimum atomic E-state index is -4.57. The van der Waals surface area contributed by atoms with E-state index >= 15 is 0 Å². The molecule has 0 aliphatic carbocycles. The zero-order valence-corrected chi connectivity index (χ0v) is 21.4. The molecule has 4 aromatic rings. The number of nitrogens with one attached hydrogen (secondary N) is 1. The number of anilines is 3. The van der Waals surface area contributed by atoms with E-state index in [-0.39, 0.29) is 61.2 Å². The second kappa shape index (κ2) is 9.64. The summed E-state index contributed by atoms with van der Waals surface area (Å²) >= 11 is 13.0. The Hall–Kier alpha value is -3.70. The summed E-state index contributed by atoms with van der Waals surface area (Å²) in [6.45, 7) is 1.32. The molecule has 13 heteroatoms. The SMILES string of the molecule is COc1cc(OC)c(Cl)c(-c2cc3cnc(Nc4cc(C(F)(F)F)c(C)cc4N)nc3n(C)c2=O)c1Cl. The Balaban J connectivity index is 1.85. The van der Waals surface area contributed by atoms with Gasteiger partial charge >= 0.3 is 6.18 Å². The number of aromatic nitrogens is 3. The van der Waals surface area contributed by atoms with Crippen molar-refractivity contribution in [3.05, 3.63) is 62.0 Å². The third kappa shape index (κ3) is 4.72. The normalized spacial score (nSPS) is 11.6. The van der Waals surface area contributed by atoms with Crippen molar-refractivity contribution >= 4 is 51.6 Å². The summed E-state index contributed by atoms with van der Waals surface area (Å²) < 4.78 is 51.9. The molecule has 0 atom stereocenters. The van der Waals surface area contributed by atoms with Gasteiger partial charge in [-0.15, -0.1) is 0 Å². The Bertz CT molecular complexity index is 1580. The predicted octanol–water partition coefficient (Wildman–Crippen LogP) is 5.97. The minimum absolute atomic E-state index is 0.0172. The van der Waals surface area contributed by atoms with E-state index in [0.717, 1.165) is 6.07 Å². The molecule has 0 bridgehead atoms. The first-order chi connectivity index (χ1) is 17.4. The lowest BCUT2D eigenvalue weighted by Gasteiger charge is -2.16. The van der Waals surface area contributed by atoms with E-state index in [1.54, 1.807) is 0 Å². The highest BCUT2D eigenvalue weighted by Gasteiger charge is 2.33. The smallest absolute Gasteiger partial charge is 0.416 e.